The van der Waals surface area contributed by atoms with Crippen molar-refractivity contribution in [3.05, 3.63) is 47.2 Å². The number of benzene rings is 1. The van der Waals surface area contributed by atoms with Crippen LogP contribution in [0.15, 0.2) is 30.3 Å². The number of aliphatic hydroxyl groups excluding tert-OH is 2. The summed E-state index contributed by atoms with van der Waals surface area (Å²) >= 11 is 0. The number of nitrogens with one attached hydrogen (secondary N) is 2. The fraction of sp³-hybridized carbons (Fsp3) is 0.312. The number of nitrogens with zero attached hydrogens (tertiary/aromatic N) is 2. The number of aromatic nitrogens is 2. The molecule has 0 spiro atoms. The first-order valence-corrected chi connectivity index (χ1v) is 7.57. The van der Waals surface area contributed by atoms with Crippen LogP contribution in [0.4, 0.5) is 10.6 Å². The smallest absolute Gasteiger partial charge is 0.407 e. The number of amides is 1. The molecule has 9 heteroatoms. The first-order chi connectivity index (χ1) is 12.0. The van der Waals surface area contributed by atoms with E-state index in [0.717, 1.165) is 5.56 Å². The molecule has 0 radical (unpaired) electrons. The number of rotatable bonds is 7. The van der Waals surface area contributed by atoms with Crippen molar-refractivity contribution in [2.24, 2.45) is 0 Å². The van der Waals surface area contributed by atoms with Crippen molar-refractivity contribution in [3.8, 4) is 6.07 Å². The van der Waals surface area contributed by atoms with Gasteiger partial charge in [-0.1, -0.05) is 30.3 Å². The van der Waals surface area contributed by atoms with Crippen LogP contribution in [0.2, 0.25) is 0 Å². The van der Waals surface area contributed by atoms with Crippen LogP contribution in [0.25, 0.3) is 0 Å². The molecule has 0 saturated carbocycles. The summed E-state index contributed by atoms with van der Waals surface area (Å²) < 4.78 is 5.02. The Morgan fingerprint density at radius 1 is 1.40 bits per heavy atom. The molecule has 2 rings (SSSR count). The van der Waals surface area contributed by atoms with Gasteiger partial charge in [0.2, 0.25) is 0 Å². The third-order valence-corrected chi connectivity index (χ3v) is 3.52. The van der Waals surface area contributed by atoms with Gasteiger partial charge in [0.15, 0.2) is 5.82 Å². The summed E-state index contributed by atoms with van der Waals surface area (Å²) in [6.07, 6.45) is -3.18. The molecule has 1 aromatic carbocycles. The van der Waals surface area contributed by atoms with Crippen molar-refractivity contribution in [2.45, 2.75) is 25.2 Å². The number of nitrogens with two attached hydrogens (primary N) is 1. The van der Waals surface area contributed by atoms with Gasteiger partial charge in [-0.25, -0.2) is 4.79 Å². The molecule has 0 aliphatic carbocycles. The third-order valence-electron chi connectivity index (χ3n) is 3.52. The lowest BCUT2D eigenvalue weighted by Gasteiger charge is -2.17. The van der Waals surface area contributed by atoms with Gasteiger partial charge >= 0.3 is 6.09 Å². The summed E-state index contributed by atoms with van der Waals surface area (Å²) in [5, 5.41) is 37.5. The second-order valence-electron chi connectivity index (χ2n) is 5.30. The van der Waals surface area contributed by atoms with Crippen LogP contribution < -0.4 is 11.1 Å². The number of carbonyl (C=O) groups excluding carboxylic acids is 1. The summed E-state index contributed by atoms with van der Waals surface area (Å²) in [5.41, 5.74) is 6.36. The van der Waals surface area contributed by atoms with Crippen molar-refractivity contribution in [1.29, 1.82) is 5.26 Å². The monoisotopic (exact) mass is 345 g/mol. The van der Waals surface area contributed by atoms with Crippen LogP contribution in [0.5, 0.6) is 0 Å². The molecule has 0 aliphatic heterocycles. The van der Waals surface area contributed by atoms with Gasteiger partial charge in [-0.15, -0.1) is 0 Å². The van der Waals surface area contributed by atoms with E-state index in [1.54, 1.807) is 6.07 Å². The minimum absolute atomic E-state index is 0.0122. The first kappa shape index (κ1) is 18.3. The van der Waals surface area contributed by atoms with Crippen LogP contribution in [-0.4, -0.2) is 39.2 Å². The predicted molar refractivity (Wildman–Crippen MR) is 87.9 cm³/mol. The number of alkyl carbamates (subject to hydrolysis) is 1. The molecule has 2 unspecified atom stereocenters. The normalized spacial score (nSPS) is 12.8. The molecule has 132 valence electrons. The Morgan fingerprint density at radius 2 is 2.12 bits per heavy atom. The number of aliphatic hydroxyl groups is 2. The fourth-order valence-electron chi connectivity index (χ4n) is 2.15. The van der Waals surface area contributed by atoms with E-state index in [-0.39, 0.29) is 36.6 Å². The molecule has 0 aliphatic rings. The van der Waals surface area contributed by atoms with Crippen LogP contribution in [0, 0.1) is 11.3 Å². The second kappa shape index (κ2) is 8.68. The van der Waals surface area contributed by atoms with Crippen LogP contribution in [-0.2, 0) is 11.3 Å². The highest BCUT2D eigenvalue weighted by atomic mass is 16.5. The van der Waals surface area contributed by atoms with Gasteiger partial charge in [-0.2, -0.15) is 10.4 Å². The summed E-state index contributed by atoms with van der Waals surface area (Å²) in [6.45, 7) is 0.216. The zero-order chi connectivity index (χ0) is 18.2. The number of hydrogen-bond donors (Lipinski definition) is 5. The Bertz CT molecular complexity index is 741. The lowest BCUT2D eigenvalue weighted by atomic mass is 10.0. The van der Waals surface area contributed by atoms with E-state index in [2.05, 4.69) is 15.5 Å². The Hall–Kier alpha value is -3.09. The van der Waals surface area contributed by atoms with E-state index in [1.807, 2.05) is 30.3 Å². The van der Waals surface area contributed by atoms with Gasteiger partial charge in [0.25, 0.3) is 0 Å². The largest absolute Gasteiger partial charge is 0.445 e. The van der Waals surface area contributed by atoms with E-state index in [1.165, 1.54) is 0 Å². The predicted octanol–water partition coefficient (Wildman–Crippen LogP) is 0.574. The molecule has 0 bridgehead atoms. The maximum atomic E-state index is 11.6. The topological polar surface area (TPSA) is 157 Å². The van der Waals surface area contributed by atoms with E-state index >= 15 is 0 Å². The molecule has 6 N–H and O–H groups in total. The highest BCUT2D eigenvalue weighted by molar-refractivity contribution is 5.67. The van der Waals surface area contributed by atoms with Gasteiger partial charge < -0.3 is 26.0 Å². The molecule has 25 heavy (non-hydrogen) atoms. The van der Waals surface area contributed by atoms with E-state index in [0.29, 0.717) is 0 Å². The molecule has 2 atom stereocenters. The van der Waals surface area contributed by atoms with Gasteiger partial charge in [-0.3, -0.25) is 5.10 Å². The highest BCUT2D eigenvalue weighted by Gasteiger charge is 2.24. The van der Waals surface area contributed by atoms with Gasteiger partial charge in [0.05, 0.1) is 11.8 Å². The fourth-order valence-corrected chi connectivity index (χ4v) is 2.15. The number of ether oxygens (including phenoxy) is 1. The van der Waals surface area contributed by atoms with Crippen LogP contribution >= 0.6 is 0 Å². The average molecular weight is 345 g/mol. The standard InChI is InChI=1S/C16H19N5O4/c17-8-11-13(20-21-15(11)18)14(23)12(22)6-7-19-16(24)25-9-10-4-2-1-3-5-10/h1-5,12,14,22-23H,6-7,9H2,(H,19,24)(H3,18,20,21). The molecule has 1 aromatic heterocycles. The number of aromatic amines is 1. The van der Waals surface area contributed by atoms with Gasteiger partial charge in [0, 0.05) is 6.54 Å². The molecule has 1 heterocycles. The number of carbonyl (C=O) groups is 1. The SMILES string of the molecule is N#Cc1c(N)n[nH]c1C(O)C(O)CCNC(=O)OCc1ccccc1. The maximum Gasteiger partial charge on any atom is 0.407 e. The number of nitriles is 1. The molecular formula is C16H19N5O4. The molecule has 9 nitrogen and oxygen atoms in total. The molecule has 0 fully saturated rings. The lowest BCUT2D eigenvalue weighted by molar-refractivity contribution is 0.0110. The van der Waals surface area contributed by atoms with Crippen molar-refractivity contribution >= 4 is 11.9 Å². The Labute approximate surface area is 144 Å². The van der Waals surface area contributed by atoms with Crippen molar-refractivity contribution in [1.82, 2.24) is 15.5 Å². The Balaban J connectivity index is 1.75. The number of nitrogen functional groups attached to an aromatic ring is 1. The zero-order valence-corrected chi connectivity index (χ0v) is 13.3. The average Bonchev–Trinajstić information content (AvgIpc) is 3.00. The summed E-state index contributed by atoms with van der Waals surface area (Å²) in [7, 11) is 0. The minimum atomic E-state index is -1.37. The van der Waals surface area contributed by atoms with Crippen molar-refractivity contribution in [3.63, 3.8) is 0 Å². The summed E-state index contributed by atoms with van der Waals surface area (Å²) in [4.78, 5) is 11.6. The number of H-pyrrole nitrogens is 1. The molecule has 1 amide bonds. The molecular weight excluding hydrogens is 326 g/mol. The van der Waals surface area contributed by atoms with E-state index < -0.39 is 18.3 Å². The third kappa shape index (κ3) is 4.94. The van der Waals surface area contributed by atoms with Gasteiger partial charge in [0.1, 0.15) is 24.3 Å². The van der Waals surface area contributed by atoms with Crippen molar-refractivity contribution in [2.75, 3.05) is 12.3 Å². The van der Waals surface area contributed by atoms with E-state index in [9.17, 15) is 15.0 Å². The van der Waals surface area contributed by atoms with E-state index in [4.69, 9.17) is 15.7 Å². The maximum absolute atomic E-state index is 11.6. The van der Waals surface area contributed by atoms with Crippen LogP contribution in [0.3, 0.4) is 0 Å². The summed E-state index contributed by atoms with van der Waals surface area (Å²) in [6, 6.07) is 11.0. The Morgan fingerprint density at radius 3 is 2.80 bits per heavy atom. The first-order valence-electron chi connectivity index (χ1n) is 7.57. The molecule has 2 aromatic rings. The highest BCUT2D eigenvalue weighted by Crippen LogP contribution is 2.23. The molecule has 0 saturated heterocycles. The minimum Gasteiger partial charge on any atom is -0.445 e. The number of anilines is 1. The quantitative estimate of drug-likeness (QED) is 0.491. The van der Waals surface area contributed by atoms with Crippen LogP contribution in [0.1, 0.15) is 29.3 Å². The lowest BCUT2D eigenvalue weighted by Crippen LogP contribution is -2.30. The summed E-state index contributed by atoms with van der Waals surface area (Å²) in [5.74, 6) is -0.0497. The number of hydrogen-bond acceptors (Lipinski definition) is 7. The zero-order valence-electron chi connectivity index (χ0n) is 13.3. The van der Waals surface area contributed by atoms with Gasteiger partial charge in [-0.05, 0) is 12.0 Å². The Kier molecular flexibility index (Phi) is 6.33. The van der Waals surface area contributed by atoms with Crippen molar-refractivity contribution < 1.29 is 19.7 Å². The second-order valence-corrected chi connectivity index (χ2v) is 5.30.